The molecule has 2 aliphatic heterocycles. The Labute approximate surface area is 84.1 Å². The minimum absolute atomic E-state index is 0.0464. The van der Waals surface area contributed by atoms with E-state index in [1.165, 1.54) is 0 Å². The Bertz CT molecular complexity index is 275. The third kappa shape index (κ3) is 1.82. The molecule has 3 nitrogen and oxygen atoms in total. The third-order valence-corrected chi connectivity index (χ3v) is 2.44. The van der Waals surface area contributed by atoms with Crippen LogP contribution >= 0.6 is 0 Å². The number of carbonyl (C=O) groups is 1. The minimum Gasteiger partial charge on any atom is -0.460 e. The van der Waals surface area contributed by atoms with E-state index in [2.05, 4.69) is 0 Å². The van der Waals surface area contributed by atoms with E-state index in [4.69, 9.17) is 9.47 Å². The average Bonchev–Trinajstić information content (AvgIpc) is 2.59. The molecule has 0 unspecified atom stereocenters. The smallest absolute Gasteiger partial charge is 0.312 e. The van der Waals surface area contributed by atoms with Crippen molar-refractivity contribution in [1.82, 2.24) is 0 Å². The lowest BCUT2D eigenvalue weighted by molar-refractivity contribution is -0.160. The van der Waals surface area contributed by atoms with Crippen molar-refractivity contribution in [3.8, 4) is 0 Å². The molecule has 3 atom stereocenters. The van der Waals surface area contributed by atoms with Gasteiger partial charge in [-0.15, -0.1) is 0 Å². The summed E-state index contributed by atoms with van der Waals surface area (Å²) in [5.74, 6) is -0.224. The van der Waals surface area contributed by atoms with E-state index in [1.807, 2.05) is 32.9 Å². The normalized spacial score (nSPS) is 34.9. The van der Waals surface area contributed by atoms with E-state index in [1.54, 1.807) is 0 Å². The molecule has 0 aromatic heterocycles. The Hall–Kier alpha value is -0.830. The Morgan fingerprint density at radius 3 is 2.57 bits per heavy atom. The fourth-order valence-corrected chi connectivity index (χ4v) is 1.88. The first kappa shape index (κ1) is 9.71. The van der Waals surface area contributed by atoms with Crippen LogP contribution in [0.2, 0.25) is 0 Å². The zero-order valence-electron chi connectivity index (χ0n) is 8.82. The van der Waals surface area contributed by atoms with E-state index < -0.39 is 5.60 Å². The zero-order valence-corrected chi connectivity index (χ0v) is 8.82. The molecule has 2 aliphatic rings. The fraction of sp³-hybridized carbons (Fsp3) is 0.727. The van der Waals surface area contributed by atoms with Crippen LogP contribution < -0.4 is 0 Å². The highest BCUT2D eigenvalue weighted by atomic mass is 16.6. The molecule has 0 spiro atoms. The summed E-state index contributed by atoms with van der Waals surface area (Å²) in [6.45, 7) is 5.65. The van der Waals surface area contributed by atoms with Crippen molar-refractivity contribution < 1.29 is 14.3 Å². The first-order valence-electron chi connectivity index (χ1n) is 5.02. The number of carbonyl (C=O) groups excluding carboxylic acids is 1. The van der Waals surface area contributed by atoms with Crippen molar-refractivity contribution in [1.29, 1.82) is 0 Å². The summed E-state index contributed by atoms with van der Waals surface area (Å²) >= 11 is 0. The van der Waals surface area contributed by atoms with Crippen molar-refractivity contribution in [2.24, 2.45) is 5.92 Å². The van der Waals surface area contributed by atoms with E-state index >= 15 is 0 Å². The molecule has 1 saturated heterocycles. The molecular weight excluding hydrogens is 180 g/mol. The number of ether oxygens (including phenoxy) is 2. The third-order valence-electron chi connectivity index (χ3n) is 2.44. The van der Waals surface area contributed by atoms with E-state index in [9.17, 15) is 4.79 Å². The summed E-state index contributed by atoms with van der Waals surface area (Å²) < 4.78 is 10.8. The molecule has 0 amide bonds. The molecule has 0 radical (unpaired) electrons. The van der Waals surface area contributed by atoms with Gasteiger partial charge in [-0.1, -0.05) is 12.2 Å². The second-order valence-corrected chi connectivity index (χ2v) is 4.90. The lowest BCUT2D eigenvalue weighted by Gasteiger charge is -2.23. The number of hydrogen-bond donors (Lipinski definition) is 0. The summed E-state index contributed by atoms with van der Waals surface area (Å²) in [5.41, 5.74) is -0.400. The van der Waals surface area contributed by atoms with Crippen LogP contribution in [-0.2, 0) is 14.3 Å². The van der Waals surface area contributed by atoms with Gasteiger partial charge in [0.05, 0.1) is 18.1 Å². The molecule has 1 fully saturated rings. The van der Waals surface area contributed by atoms with Gasteiger partial charge in [-0.25, -0.2) is 0 Å². The highest BCUT2D eigenvalue weighted by Crippen LogP contribution is 2.35. The predicted octanol–water partition coefficient (Wildman–Crippen LogP) is 1.67. The fourth-order valence-electron chi connectivity index (χ4n) is 1.88. The predicted molar refractivity (Wildman–Crippen MR) is 51.8 cm³/mol. The summed E-state index contributed by atoms with van der Waals surface area (Å²) in [6, 6.07) is 0. The second kappa shape index (κ2) is 3.09. The quantitative estimate of drug-likeness (QED) is 0.472. The molecular formula is C11H16O3. The molecule has 14 heavy (non-hydrogen) atoms. The molecule has 0 saturated carbocycles. The van der Waals surface area contributed by atoms with E-state index in [-0.39, 0.29) is 24.1 Å². The molecule has 2 heterocycles. The largest absolute Gasteiger partial charge is 0.460 e. The van der Waals surface area contributed by atoms with Gasteiger partial charge in [-0.3, -0.25) is 4.79 Å². The second-order valence-electron chi connectivity index (χ2n) is 4.90. The maximum absolute atomic E-state index is 11.7. The molecule has 78 valence electrons. The Balaban J connectivity index is 1.97. The maximum Gasteiger partial charge on any atom is 0.312 e. The van der Waals surface area contributed by atoms with Gasteiger partial charge in [0.25, 0.3) is 0 Å². The van der Waals surface area contributed by atoms with Gasteiger partial charge < -0.3 is 9.47 Å². The van der Waals surface area contributed by atoms with Crippen LogP contribution in [0, 0.1) is 5.92 Å². The molecule has 0 aliphatic carbocycles. The van der Waals surface area contributed by atoms with Crippen molar-refractivity contribution in [3.05, 3.63) is 12.2 Å². The van der Waals surface area contributed by atoms with Crippen LogP contribution in [0.1, 0.15) is 27.2 Å². The topological polar surface area (TPSA) is 35.5 Å². The Kier molecular flexibility index (Phi) is 2.14. The van der Waals surface area contributed by atoms with E-state index in [0.29, 0.717) is 0 Å². The van der Waals surface area contributed by atoms with E-state index in [0.717, 1.165) is 6.42 Å². The number of fused-ring (bicyclic) bond motifs is 2. The molecule has 2 bridgehead atoms. The van der Waals surface area contributed by atoms with Gasteiger partial charge in [-0.2, -0.15) is 0 Å². The summed E-state index contributed by atoms with van der Waals surface area (Å²) in [6.07, 6.45) is 4.84. The van der Waals surface area contributed by atoms with Crippen LogP contribution in [0.3, 0.4) is 0 Å². The van der Waals surface area contributed by atoms with Crippen LogP contribution in [0.5, 0.6) is 0 Å². The zero-order chi connectivity index (χ0) is 10.3. The number of esters is 1. The van der Waals surface area contributed by atoms with Gasteiger partial charge in [0.2, 0.25) is 0 Å². The van der Waals surface area contributed by atoms with Crippen LogP contribution in [0.25, 0.3) is 0 Å². The first-order chi connectivity index (χ1) is 6.46. The molecule has 0 N–H and O–H groups in total. The summed E-state index contributed by atoms with van der Waals surface area (Å²) in [4.78, 5) is 11.7. The SMILES string of the molecule is CC(C)(C)OC(=O)[C@H]1C[C@H]2C=C[C@@H]1O2. The molecule has 2 rings (SSSR count). The standard InChI is InChI=1S/C11H16O3/c1-11(2,3)14-10(12)8-6-7-4-5-9(8)13-7/h4-5,7-9H,6H2,1-3H3/t7-,8+,9+/m1/s1. The maximum atomic E-state index is 11.7. The van der Waals surface area contributed by atoms with Gasteiger partial charge in [0.15, 0.2) is 0 Å². The van der Waals surface area contributed by atoms with Crippen LogP contribution in [0.4, 0.5) is 0 Å². The Morgan fingerprint density at radius 2 is 2.14 bits per heavy atom. The van der Waals surface area contributed by atoms with Crippen molar-refractivity contribution in [3.63, 3.8) is 0 Å². The first-order valence-corrected chi connectivity index (χ1v) is 5.02. The number of rotatable bonds is 1. The monoisotopic (exact) mass is 196 g/mol. The molecule has 0 aromatic rings. The van der Waals surface area contributed by atoms with Crippen LogP contribution in [0.15, 0.2) is 12.2 Å². The highest BCUT2D eigenvalue weighted by Gasteiger charge is 2.42. The lowest BCUT2D eigenvalue weighted by Crippen LogP contribution is -2.32. The Morgan fingerprint density at radius 1 is 1.43 bits per heavy atom. The van der Waals surface area contributed by atoms with Gasteiger partial charge >= 0.3 is 5.97 Å². The highest BCUT2D eigenvalue weighted by molar-refractivity contribution is 5.74. The average molecular weight is 196 g/mol. The van der Waals surface area contributed by atoms with Crippen molar-refractivity contribution in [2.75, 3.05) is 0 Å². The van der Waals surface area contributed by atoms with Crippen molar-refractivity contribution >= 4 is 5.97 Å². The summed E-state index contributed by atoms with van der Waals surface area (Å²) in [7, 11) is 0. The number of hydrogen-bond acceptors (Lipinski definition) is 3. The lowest BCUT2D eigenvalue weighted by atomic mass is 9.94. The minimum atomic E-state index is -0.400. The molecule has 3 heteroatoms. The van der Waals surface area contributed by atoms with Gasteiger partial charge in [0.1, 0.15) is 5.60 Å². The molecule has 0 aromatic carbocycles. The van der Waals surface area contributed by atoms with Gasteiger partial charge in [0, 0.05) is 0 Å². The van der Waals surface area contributed by atoms with Crippen LogP contribution in [-0.4, -0.2) is 23.8 Å². The van der Waals surface area contributed by atoms with Crippen molar-refractivity contribution in [2.45, 2.75) is 45.0 Å². The van der Waals surface area contributed by atoms with Gasteiger partial charge in [-0.05, 0) is 27.2 Å². The summed E-state index contributed by atoms with van der Waals surface area (Å²) in [5, 5.41) is 0.